The van der Waals surface area contributed by atoms with E-state index in [1.165, 1.54) is 17.3 Å². The van der Waals surface area contributed by atoms with E-state index in [1.54, 1.807) is 0 Å². The molecular formula is C26H27N5O2S. The molecule has 1 aliphatic heterocycles. The summed E-state index contributed by atoms with van der Waals surface area (Å²) in [5.41, 5.74) is 4.76. The summed E-state index contributed by atoms with van der Waals surface area (Å²) >= 11 is 1.30. The number of carbonyl (C=O) groups is 1. The Morgan fingerprint density at radius 1 is 0.971 bits per heavy atom. The fraction of sp³-hybridized carbons (Fsp3) is 0.269. The quantitative estimate of drug-likeness (QED) is 0.382. The number of anilines is 2. The number of hydrogen-bond donors (Lipinski definition) is 1. The molecule has 1 fully saturated rings. The molecule has 1 aliphatic rings. The number of aromatic nitrogens is 2. The number of pyridine rings is 1. The molecule has 0 bridgehead atoms. The van der Waals surface area contributed by atoms with Gasteiger partial charge in [0.25, 0.3) is 5.22 Å². The zero-order chi connectivity index (χ0) is 23.2. The van der Waals surface area contributed by atoms with Gasteiger partial charge in [-0.25, -0.2) is 4.98 Å². The molecule has 0 radical (unpaired) electrons. The van der Waals surface area contributed by atoms with Gasteiger partial charge in [-0.1, -0.05) is 36.0 Å². The molecule has 1 amide bonds. The molecular weight excluding hydrogens is 446 g/mol. The third-order valence-corrected chi connectivity index (χ3v) is 6.79. The van der Waals surface area contributed by atoms with Crippen LogP contribution in [-0.4, -0.2) is 59.3 Å². The second-order valence-electron chi connectivity index (χ2n) is 8.24. The minimum absolute atomic E-state index is 0.0734. The summed E-state index contributed by atoms with van der Waals surface area (Å²) in [6.45, 7) is 4.91. The van der Waals surface area contributed by atoms with Crippen LogP contribution in [-0.2, 0) is 11.2 Å². The maximum absolute atomic E-state index is 12.7. The lowest BCUT2D eigenvalue weighted by Gasteiger charge is -2.37. The van der Waals surface area contributed by atoms with Crippen LogP contribution in [0.2, 0.25) is 0 Å². The summed E-state index contributed by atoms with van der Waals surface area (Å²) < 4.78 is 5.70. The number of oxazole rings is 1. The summed E-state index contributed by atoms with van der Waals surface area (Å²) in [4.78, 5) is 26.0. The molecule has 3 heterocycles. The molecule has 174 valence electrons. The number of benzene rings is 2. The molecule has 8 heteroatoms. The minimum Gasteiger partial charge on any atom is -0.431 e. The third-order valence-electron chi connectivity index (χ3n) is 5.96. The smallest absolute Gasteiger partial charge is 0.257 e. The topological polar surface area (TPSA) is 74.5 Å². The van der Waals surface area contributed by atoms with Crippen LogP contribution in [0, 0.1) is 0 Å². The Kier molecular flexibility index (Phi) is 7.07. The van der Waals surface area contributed by atoms with Crippen LogP contribution < -0.4 is 10.2 Å². The number of nitrogens with one attached hydrogen (secondary N) is 1. The average molecular weight is 474 g/mol. The van der Waals surface area contributed by atoms with Crippen molar-refractivity contribution in [1.29, 1.82) is 0 Å². The number of amides is 1. The molecule has 34 heavy (non-hydrogen) atoms. The summed E-state index contributed by atoms with van der Waals surface area (Å²) in [5.74, 6) is 0.167. The SMILES string of the molecule is O=C(CSc1nc2ccccc2o1)Nc1ccccc1N1CCN(CCc2ccncc2)CC1. The van der Waals surface area contributed by atoms with Crippen LogP contribution in [0.3, 0.4) is 0 Å². The first-order valence-electron chi connectivity index (χ1n) is 11.5. The predicted molar refractivity (Wildman–Crippen MR) is 136 cm³/mol. The average Bonchev–Trinajstić information content (AvgIpc) is 3.31. The van der Waals surface area contributed by atoms with E-state index in [0.717, 1.165) is 61.6 Å². The van der Waals surface area contributed by atoms with Gasteiger partial charge in [0.1, 0.15) is 5.52 Å². The van der Waals surface area contributed by atoms with Gasteiger partial charge in [0.15, 0.2) is 5.58 Å². The standard InChI is InChI=1S/C26H27N5O2S/c32-25(19-34-26-29-22-6-2-4-8-24(22)33-26)28-21-5-1-3-7-23(21)31-17-15-30(16-18-31)14-11-20-9-12-27-13-10-20/h1-10,12-13H,11,14-19H2,(H,28,32). The van der Waals surface area contributed by atoms with Gasteiger partial charge in [-0.2, -0.15) is 0 Å². The van der Waals surface area contributed by atoms with Crippen LogP contribution in [0.1, 0.15) is 5.56 Å². The summed E-state index contributed by atoms with van der Waals surface area (Å²) in [7, 11) is 0. The number of thioether (sulfide) groups is 1. The Morgan fingerprint density at radius 2 is 1.74 bits per heavy atom. The Morgan fingerprint density at radius 3 is 2.56 bits per heavy atom. The number of hydrogen-bond acceptors (Lipinski definition) is 7. The maximum Gasteiger partial charge on any atom is 0.257 e. The van der Waals surface area contributed by atoms with Crippen molar-refractivity contribution >= 4 is 40.1 Å². The summed E-state index contributed by atoms with van der Waals surface area (Å²) in [5, 5.41) is 3.59. The molecule has 7 nitrogen and oxygen atoms in total. The van der Waals surface area contributed by atoms with Gasteiger partial charge in [0.05, 0.1) is 17.1 Å². The van der Waals surface area contributed by atoms with Crippen molar-refractivity contribution in [2.75, 3.05) is 48.7 Å². The molecule has 4 aromatic rings. The van der Waals surface area contributed by atoms with Crippen LogP contribution in [0.15, 0.2) is 82.7 Å². The molecule has 0 saturated carbocycles. The van der Waals surface area contributed by atoms with E-state index in [4.69, 9.17) is 4.42 Å². The highest BCUT2D eigenvalue weighted by Crippen LogP contribution is 2.28. The normalized spacial score (nSPS) is 14.4. The monoisotopic (exact) mass is 473 g/mol. The van der Waals surface area contributed by atoms with Crippen LogP contribution in [0.25, 0.3) is 11.1 Å². The fourth-order valence-electron chi connectivity index (χ4n) is 4.13. The lowest BCUT2D eigenvalue weighted by Crippen LogP contribution is -2.47. The molecule has 2 aromatic carbocycles. The van der Waals surface area contributed by atoms with Crippen LogP contribution in [0.5, 0.6) is 0 Å². The van der Waals surface area contributed by atoms with E-state index in [2.05, 4.69) is 43.3 Å². The minimum atomic E-state index is -0.0734. The first kappa shape index (κ1) is 22.4. The Balaban J connectivity index is 1.14. The van der Waals surface area contributed by atoms with Crippen molar-refractivity contribution in [3.8, 4) is 0 Å². The zero-order valence-electron chi connectivity index (χ0n) is 18.9. The van der Waals surface area contributed by atoms with Crippen molar-refractivity contribution in [2.45, 2.75) is 11.6 Å². The Hall–Kier alpha value is -3.36. The number of nitrogens with zero attached hydrogens (tertiary/aromatic N) is 4. The van der Waals surface area contributed by atoms with Crippen molar-refractivity contribution in [3.05, 3.63) is 78.6 Å². The van der Waals surface area contributed by atoms with Crippen LogP contribution in [0.4, 0.5) is 11.4 Å². The first-order valence-corrected chi connectivity index (χ1v) is 12.5. The number of fused-ring (bicyclic) bond motifs is 1. The highest BCUT2D eigenvalue weighted by Gasteiger charge is 2.20. The predicted octanol–water partition coefficient (Wildman–Crippen LogP) is 4.32. The number of para-hydroxylation sites is 4. The van der Waals surface area contributed by atoms with Crippen LogP contribution >= 0.6 is 11.8 Å². The van der Waals surface area contributed by atoms with E-state index < -0.39 is 0 Å². The highest BCUT2D eigenvalue weighted by atomic mass is 32.2. The fourth-order valence-corrected chi connectivity index (χ4v) is 4.77. The summed E-state index contributed by atoms with van der Waals surface area (Å²) in [6.07, 6.45) is 4.74. The Bertz CT molecular complexity index is 1210. The first-order chi connectivity index (χ1) is 16.7. The van der Waals surface area contributed by atoms with Crippen molar-refractivity contribution < 1.29 is 9.21 Å². The zero-order valence-corrected chi connectivity index (χ0v) is 19.7. The molecule has 1 saturated heterocycles. The van der Waals surface area contributed by atoms with Crippen molar-refractivity contribution in [1.82, 2.24) is 14.9 Å². The second kappa shape index (κ2) is 10.7. The summed E-state index contributed by atoms with van der Waals surface area (Å²) in [6, 6.07) is 19.8. The van der Waals surface area contributed by atoms with Gasteiger partial charge in [0, 0.05) is 45.1 Å². The molecule has 0 atom stereocenters. The Labute approximate surface area is 203 Å². The lowest BCUT2D eigenvalue weighted by molar-refractivity contribution is -0.113. The van der Waals surface area contributed by atoms with Gasteiger partial charge in [-0.3, -0.25) is 14.7 Å². The molecule has 0 spiro atoms. The molecule has 0 unspecified atom stereocenters. The third kappa shape index (κ3) is 5.58. The number of piperazine rings is 1. The number of carbonyl (C=O) groups excluding carboxylic acids is 1. The van der Waals surface area contributed by atoms with Gasteiger partial charge in [-0.15, -0.1) is 0 Å². The largest absolute Gasteiger partial charge is 0.431 e. The molecule has 2 aromatic heterocycles. The number of rotatable bonds is 8. The van der Waals surface area contributed by atoms with E-state index in [-0.39, 0.29) is 11.7 Å². The molecule has 1 N–H and O–H groups in total. The van der Waals surface area contributed by atoms with Crippen molar-refractivity contribution in [3.63, 3.8) is 0 Å². The maximum atomic E-state index is 12.7. The van der Waals surface area contributed by atoms with Gasteiger partial charge in [0.2, 0.25) is 5.91 Å². The van der Waals surface area contributed by atoms with Gasteiger partial charge < -0.3 is 14.6 Å². The van der Waals surface area contributed by atoms with E-state index in [0.29, 0.717) is 5.22 Å². The second-order valence-corrected chi connectivity index (χ2v) is 9.16. The van der Waals surface area contributed by atoms with Gasteiger partial charge in [-0.05, 0) is 48.4 Å². The lowest BCUT2D eigenvalue weighted by atomic mass is 10.1. The highest BCUT2D eigenvalue weighted by molar-refractivity contribution is 7.99. The van der Waals surface area contributed by atoms with Crippen molar-refractivity contribution in [2.24, 2.45) is 0 Å². The van der Waals surface area contributed by atoms with E-state index in [1.807, 2.05) is 54.9 Å². The van der Waals surface area contributed by atoms with Gasteiger partial charge >= 0.3 is 0 Å². The van der Waals surface area contributed by atoms with E-state index >= 15 is 0 Å². The molecule has 0 aliphatic carbocycles. The van der Waals surface area contributed by atoms with E-state index in [9.17, 15) is 4.79 Å². The molecule has 5 rings (SSSR count).